The van der Waals surface area contributed by atoms with Crippen molar-refractivity contribution in [3.8, 4) is 16.9 Å². The van der Waals surface area contributed by atoms with Crippen LogP contribution in [-0.4, -0.2) is 24.4 Å². The predicted molar refractivity (Wildman–Crippen MR) is 77.6 cm³/mol. The van der Waals surface area contributed by atoms with Gasteiger partial charge >= 0.3 is 0 Å². The molecule has 0 radical (unpaired) electrons. The summed E-state index contributed by atoms with van der Waals surface area (Å²) in [5, 5.41) is 10.6. The van der Waals surface area contributed by atoms with E-state index in [-0.39, 0.29) is 0 Å². The summed E-state index contributed by atoms with van der Waals surface area (Å²) in [4.78, 5) is 0. The van der Waals surface area contributed by atoms with Gasteiger partial charge in [0.15, 0.2) is 0 Å². The number of rotatable bonds is 4. The van der Waals surface area contributed by atoms with Crippen LogP contribution in [0.25, 0.3) is 11.1 Å². The first-order valence-electron chi connectivity index (χ1n) is 6.42. The fraction of sp³-hybridized carbons (Fsp3) is 0.400. The van der Waals surface area contributed by atoms with Crippen LogP contribution in [-0.2, 0) is 6.54 Å². The number of hydrogen-bond acceptors (Lipinski definition) is 3. The zero-order valence-electron chi connectivity index (χ0n) is 12.2. The van der Waals surface area contributed by atoms with Gasteiger partial charge < -0.3 is 10.1 Å². The van der Waals surface area contributed by atoms with Gasteiger partial charge in [0.1, 0.15) is 5.75 Å². The van der Waals surface area contributed by atoms with Gasteiger partial charge in [-0.1, -0.05) is 6.07 Å². The summed E-state index contributed by atoms with van der Waals surface area (Å²) in [5.41, 5.74) is 6.70. The molecule has 0 saturated carbocycles. The molecule has 1 aromatic heterocycles. The highest BCUT2D eigenvalue weighted by atomic mass is 16.5. The largest absolute Gasteiger partial charge is 0.496 e. The molecule has 0 aliphatic heterocycles. The van der Waals surface area contributed by atoms with E-state index in [1.54, 1.807) is 7.11 Å². The molecule has 102 valence electrons. The Bertz CT molecular complexity index is 587. The van der Waals surface area contributed by atoms with Crippen LogP contribution in [0.5, 0.6) is 5.75 Å². The zero-order valence-corrected chi connectivity index (χ0v) is 12.2. The summed E-state index contributed by atoms with van der Waals surface area (Å²) in [6.07, 6.45) is 0. The Morgan fingerprint density at radius 1 is 1.26 bits per heavy atom. The van der Waals surface area contributed by atoms with Crippen LogP contribution in [0.1, 0.15) is 22.5 Å². The second-order valence-electron chi connectivity index (χ2n) is 4.86. The van der Waals surface area contributed by atoms with Gasteiger partial charge in [-0.15, -0.1) is 0 Å². The van der Waals surface area contributed by atoms with Crippen molar-refractivity contribution in [1.29, 1.82) is 0 Å². The van der Waals surface area contributed by atoms with Crippen molar-refractivity contribution in [3.05, 3.63) is 34.6 Å². The molecule has 0 saturated heterocycles. The van der Waals surface area contributed by atoms with E-state index >= 15 is 0 Å². The maximum Gasteiger partial charge on any atom is 0.129 e. The molecule has 4 heteroatoms. The van der Waals surface area contributed by atoms with Gasteiger partial charge in [-0.25, -0.2) is 0 Å². The SMILES string of the molecule is CNCc1n[nH]c(C)c1-c1cc(C)cc(C)c1OC. The second kappa shape index (κ2) is 5.45. The second-order valence-corrected chi connectivity index (χ2v) is 4.86. The van der Waals surface area contributed by atoms with Gasteiger partial charge in [0, 0.05) is 23.4 Å². The summed E-state index contributed by atoms with van der Waals surface area (Å²) < 4.78 is 5.58. The van der Waals surface area contributed by atoms with Crippen molar-refractivity contribution in [3.63, 3.8) is 0 Å². The van der Waals surface area contributed by atoms with Crippen LogP contribution >= 0.6 is 0 Å². The van der Waals surface area contributed by atoms with E-state index in [4.69, 9.17) is 4.74 Å². The van der Waals surface area contributed by atoms with Crippen molar-refractivity contribution in [1.82, 2.24) is 15.5 Å². The predicted octanol–water partition coefficient (Wildman–Crippen LogP) is 2.73. The highest BCUT2D eigenvalue weighted by Crippen LogP contribution is 2.37. The average Bonchev–Trinajstić information content (AvgIpc) is 2.70. The molecule has 4 nitrogen and oxygen atoms in total. The Hall–Kier alpha value is -1.81. The van der Waals surface area contributed by atoms with E-state index in [1.165, 1.54) is 5.56 Å². The molecule has 0 spiro atoms. The van der Waals surface area contributed by atoms with Gasteiger partial charge in [-0.3, -0.25) is 5.10 Å². The van der Waals surface area contributed by atoms with Crippen molar-refractivity contribution >= 4 is 0 Å². The van der Waals surface area contributed by atoms with Gasteiger partial charge in [-0.2, -0.15) is 5.10 Å². The van der Waals surface area contributed by atoms with Crippen molar-refractivity contribution < 1.29 is 4.74 Å². The third-order valence-corrected chi connectivity index (χ3v) is 3.26. The van der Waals surface area contributed by atoms with Crippen LogP contribution in [0.4, 0.5) is 0 Å². The third-order valence-electron chi connectivity index (χ3n) is 3.26. The normalized spacial score (nSPS) is 10.8. The lowest BCUT2D eigenvalue weighted by atomic mass is 9.97. The Morgan fingerprint density at radius 2 is 2.00 bits per heavy atom. The van der Waals surface area contributed by atoms with Crippen LogP contribution in [0.3, 0.4) is 0 Å². The van der Waals surface area contributed by atoms with Crippen LogP contribution in [0, 0.1) is 20.8 Å². The average molecular weight is 259 g/mol. The minimum absolute atomic E-state index is 0.732. The number of aromatic nitrogens is 2. The molecule has 0 fully saturated rings. The lowest BCUT2D eigenvalue weighted by Gasteiger charge is -2.14. The fourth-order valence-electron chi connectivity index (χ4n) is 2.54. The minimum Gasteiger partial charge on any atom is -0.496 e. The third kappa shape index (κ3) is 2.49. The molecular weight excluding hydrogens is 238 g/mol. The molecular formula is C15H21N3O. The molecule has 0 unspecified atom stereocenters. The maximum atomic E-state index is 5.58. The molecule has 0 aliphatic carbocycles. The molecule has 1 aromatic carbocycles. The van der Waals surface area contributed by atoms with Crippen molar-refractivity contribution in [2.75, 3.05) is 14.2 Å². The Labute approximate surface area is 114 Å². The lowest BCUT2D eigenvalue weighted by molar-refractivity contribution is 0.413. The molecule has 0 aliphatic rings. The molecule has 0 amide bonds. The summed E-state index contributed by atoms with van der Waals surface area (Å²) >= 11 is 0. The van der Waals surface area contributed by atoms with Gasteiger partial charge in [-0.05, 0) is 45.0 Å². The van der Waals surface area contributed by atoms with E-state index in [0.29, 0.717) is 0 Å². The lowest BCUT2D eigenvalue weighted by Crippen LogP contribution is -2.07. The first-order valence-corrected chi connectivity index (χ1v) is 6.42. The van der Waals surface area contributed by atoms with Gasteiger partial charge in [0.2, 0.25) is 0 Å². The number of benzene rings is 1. The molecule has 0 atom stereocenters. The smallest absolute Gasteiger partial charge is 0.129 e. The van der Waals surface area contributed by atoms with E-state index < -0.39 is 0 Å². The summed E-state index contributed by atoms with van der Waals surface area (Å²) in [5.74, 6) is 0.924. The number of H-pyrrole nitrogens is 1. The molecule has 2 aromatic rings. The van der Waals surface area contributed by atoms with Crippen LogP contribution in [0.15, 0.2) is 12.1 Å². The van der Waals surface area contributed by atoms with E-state index in [2.05, 4.69) is 41.5 Å². The number of nitrogens with zero attached hydrogens (tertiary/aromatic N) is 1. The highest BCUT2D eigenvalue weighted by molar-refractivity contribution is 5.76. The monoisotopic (exact) mass is 259 g/mol. The molecule has 2 N–H and O–H groups in total. The number of ether oxygens (including phenoxy) is 1. The summed E-state index contributed by atoms with van der Waals surface area (Å²) in [6.45, 7) is 6.94. The quantitative estimate of drug-likeness (QED) is 0.887. The zero-order chi connectivity index (χ0) is 14.0. The van der Waals surface area contributed by atoms with Gasteiger partial charge in [0.25, 0.3) is 0 Å². The number of methoxy groups -OCH3 is 1. The maximum absolute atomic E-state index is 5.58. The first kappa shape index (κ1) is 13.6. The van der Waals surface area contributed by atoms with E-state index in [9.17, 15) is 0 Å². The summed E-state index contributed by atoms with van der Waals surface area (Å²) in [7, 11) is 3.64. The van der Waals surface area contributed by atoms with Crippen LogP contribution < -0.4 is 10.1 Å². The Morgan fingerprint density at radius 3 is 2.63 bits per heavy atom. The standard InChI is InChI=1S/C15H21N3O/c1-9-6-10(2)15(19-5)12(7-9)14-11(3)17-18-13(14)8-16-4/h6-7,16H,8H2,1-5H3,(H,17,18). The fourth-order valence-corrected chi connectivity index (χ4v) is 2.54. The number of aryl methyl sites for hydroxylation is 3. The molecule has 2 rings (SSSR count). The number of nitrogens with one attached hydrogen (secondary N) is 2. The topological polar surface area (TPSA) is 49.9 Å². The molecule has 19 heavy (non-hydrogen) atoms. The number of aromatic amines is 1. The van der Waals surface area contributed by atoms with E-state index in [1.807, 2.05) is 14.0 Å². The highest BCUT2D eigenvalue weighted by Gasteiger charge is 2.17. The Balaban J connectivity index is 2.67. The first-order chi connectivity index (χ1) is 9.08. The van der Waals surface area contributed by atoms with Crippen molar-refractivity contribution in [2.24, 2.45) is 0 Å². The van der Waals surface area contributed by atoms with Gasteiger partial charge in [0.05, 0.1) is 12.8 Å². The van der Waals surface area contributed by atoms with Crippen molar-refractivity contribution in [2.45, 2.75) is 27.3 Å². The Kier molecular flexibility index (Phi) is 3.90. The number of hydrogen-bond donors (Lipinski definition) is 2. The minimum atomic E-state index is 0.732. The molecule has 0 bridgehead atoms. The van der Waals surface area contributed by atoms with E-state index in [0.717, 1.165) is 40.4 Å². The van der Waals surface area contributed by atoms with Crippen LogP contribution in [0.2, 0.25) is 0 Å². The molecule has 1 heterocycles. The summed E-state index contributed by atoms with van der Waals surface area (Å²) in [6, 6.07) is 4.29.